The number of hydrogen-bond acceptors (Lipinski definition) is 3. The van der Waals surface area contributed by atoms with Crippen molar-refractivity contribution in [3.63, 3.8) is 0 Å². The molecule has 0 bridgehead atoms. The first kappa shape index (κ1) is 8.81. The smallest absolute Gasteiger partial charge is 0.438 e. The minimum Gasteiger partial charge on any atom is -0.438 e. The molecule has 0 aliphatic rings. The lowest BCUT2D eigenvalue weighted by Gasteiger charge is -2.12. The van der Waals surface area contributed by atoms with Crippen molar-refractivity contribution in [2.75, 3.05) is 7.11 Å². The highest BCUT2D eigenvalue weighted by atomic mass is 16.7. The third kappa shape index (κ3) is 2.62. The van der Waals surface area contributed by atoms with Crippen LogP contribution < -0.4 is 0 Å². The van der Waals surface area contributed by atoms with Gasteiger partial charge in [-0.3, -0.25) is 0 Å². The van der Waals surface area contributed by atoms with Gasteiger partial charge in [0.25, 0.3) is 0 Å². The highest BCUT2D eigenvalue weighted by Gasteiger charge is 2.12. The Hall–Kier alpha value is -1.77. The van der Waals surface area contributed by atoms with Crippen LogP contribution in [0.3, 0.4) is 0 Å². The molecule has 74 valence electrons. The molecule has 3 nitrogen and oxygen atoms in total. The molecule has 0 saturated heterocycles. The molecule has 0 aliphatic heterocycles. The van der Waals surface area contributed by atoms with Crippen molar-refractivity contribution in [3.8, 4) is 0 Å². The molecular formula is C11H12O3. The summed E-state index contributed by atoms with van der Waals surface area (Å²) in [6.45, 7) is 1.08. The minimum atomic E-state index is -0.762. The second-order valence-electron chi connectivity index (χ2n) is 2.60. The summed E-state index contributed by atoms with van der Waals surface area (Å²) in [6, 6.07) is 9.16. The molecule has 3 heteroatoms. The van der Waals surface area contributed by atoms with Crippen LogP contribution in [-0.2, 0) is 9.47 Å². The van der Waals surface area contributed by atoms with Crippen molar-refractivity contribution in [2.24, 2.45) is 0 Å². The van der Waals surface area contributed by atoms with Crippen LogP contribution in [0.5, 0.6) is 0 Å². The topological polar surface area (TPSA) is 35.5 Å². The molecule has 1 atom stereocenters. The quantitative estimate of drug-likeness (QED) is 0.547. The number of rotatable bonds is 3. The van der Waals surface area contributed by atoms with E-state index in [9.17, 15) is 4.79 Å². The van der Waals surface area contributed by atoms with E-state index in [0.29, 0.717) is 0 Å². The van der Waals surface area contributed by atoms with Gasteiger partial charge in [-0.15, -0.1) is 0 Å². The maximum absolute atomic E-state index is 10.9. The van der Waals surface area contributed by atoms with Crippen molar-refractivity contribution in [3.05, 3.63) is 48.5 Å². The van der Waals surface area contributed by atoms with Crippen molar-refractivity contribution in [1.29, 1.82) is 0 Å². The number of hydrogen-bond donors (Lipinski definition) is 0. The molecule has 0 fully saturated rings. The summed E-state index contributed by atoms with van der Waals surface area (Å²) in [6.07, 6.45) is 0.129. The monoisotopic (exact) mass is 193 g/mol. The summed E-state index contributed by atoms with van der Waals surface area (Å²) < 4.78 is 16.3. The largest absolute Gasteiger partial charge is 0.508 e. The van der Waals surface area contributed by atoms with E-state index in [-0.39, 0.29) is 0 Å². The summed E-state index contributed by atoms with van der Waals surface area (Å²) in [5.74, 6) is 0. The van der Waals surface area contributed by atoms with Crippen LogP contribution >= 0.6 is 0 Å². The molecule has 0 spiro atoms. The van der Waals surface area contributed by atoms with Crippen LogP contribution in [0.4, 0.5) is 4.79 Å². The van der Waals surface area contributed by atoms with E-state index in [0.717, 1.165) is 12.1 Å². The summed E-state index contributed by atoms with van der Waals surface area (Å²) in [5.41, 5.74) is 0.798. The Morgan fingerprint density at radius 3 is 2.86 bits per heavy atom. The van der Waals surface area contributed by atoms with Gasteiger partial charge in [-0.05, 0) is 11.6 Å². The van der Waals surface area contributed by atoms with E-state index in [1.165, 1.54) is 13.2 Å². The van der Waals surface area contributed by atoms with Gasteiger partial charge in [0, 0.05) is 0 Å². The summed E-state index contributed by atoms with van der Waals surface area (Å²) in [4.78, 5) is 10.9. The average Bonchev–Trinajstić information content (AvgIpc) is 2.29. The highest BCUT2D eigenvalue weighted by molar-refractivity contribution is 5.60. The normalized spacial score (nSPS) is 13.4. The van der Waals surface area contributed by atoms with Crippen molar-refractivity contribution in [2.45, 2.75) is 6.10 Å². The zero-order valence-electron chi connectivity index (χ0n) is 8.84. The van der Waals surface area contributed by atoms with E-state index >= 15 is 0 Å². The molecule has 0 saturated carbocycles. The second kappa shape index (κ2) is 5.07. The molecule has 0 aromatic heterocycles. The van der Waals surface area contributed by atoms with Gasteiger partial charge >= 0.3 is 6.16 Å². The Kier molecular flexibility index (Phi) is 3.19. The maximum atomic E-state index is 10.9. The molecule has 0 radical (unpaired) electrons. The molecular weight excluding hydrogens is 180 g/mol. The fourth-order valence-electron chi connectivity index (χ4n) is 1.01. The van der Waals surface area contributed by atoms with E-state index in [2.05, 4.69) is 4.74 Å². The second-order valence-corrected chi connectivity index (χ2v) is 2.60. The third-order valence-corrected chi connectivity index (χ3v) is 1.69. The lowest BCUT2D eigenvalue weighted by molar-refractivity contribution is 0.0523. The van der Waals surface area contributed by atoms with Gasteiger partial charge in [-0.1, -0.05) is 36.9 Å². The number of carbonyl (C=O) groups excluding carboxylic acids is 1. The van der Waals surface area contributed by atoms with Gasteiger partial charge in [-0.25, -0.2) is 4.79 Å². The fourth-order valence-corrected chi connectivity index (χ4v) is 1.01. The lowest BCUT2D eigenvalue weighted by atomic mass is 10.1. The van der Waals surface area contributed by atoms with Crippen molar-refractivity contribution < 1.29 is 15.6 Å². The number of carbonyl (C=O) groups is 1. The fraction of sp³-hybridized carbons (Fsp3) is 0.182. The Morgan fingerprint density at radius 2 is 2.29 bits per heavy atom. The van der Waals surface area contributed by atoms with Gasteiger partial charge in [0.1, 0.15) is 6.10 Å². The first-order valence-corrected chi connectivity index (χ1v) is 4.12. The Labute approximate surface area is 84.4 Å². The summed E-state index contributed by atoms with van der Waals surface area (Å²) >= 11 is 0. The van der Waals surface area contributed by atoms with Crippen LogP contribution in [-0.4, -0.2) is 13.3 Å². The van der Waals surface area contributed by atoms with Gasteiger partial charge in [-0.2, -0.15) is 0 Å². The average molecular weight is 193 g/mol. The Morgan fingerprint density at radius 1 is 1.57 bits per heavy atom. The first-order chi connectivity index (χ1) is 7.27. The summed E-state index contributed by atoms with van der Waals surface area (Å²) in [5, 5.41) is 0. The zero-order valence-corrected chi connectivity index (χ0v) is 7.84. The standard InChI is InChI=1S/C11H12O3/c1-3-10(14-11(12)13-2)9-7-5-4-6-8-9/h3-8,10H,1H2,2H3/t10-/m1/s1/i1D. The number of methoxy groups -OCH3 is 1. The zero-order chi connectivity index (χ0) is 11.1. The highest BCUT2D eigenvalue weighted by Crippen LogP contribution is 2.18. The van der Waals surface area contributed by atoms with Crippen LogP contribution in [0.2, 0.25) is 0 Å². The van der Waals surface area contributed by atoms with Crippen LogP contribution in [0, 0.1) is 0 Å². The first-order valence-electron chi connectivity index (χ1n) is 4.70. The number of ether oxygens (including phenoxy) is 2. The van der Waals surface area contributed by atoms with Gasteiger partial charge < -0.3 is 9.47 Å². The van der Waals surface area contributed by atoms with Crippen molar-refractivity contribution >= 4 is 6.16 Å². The SMILES string of the molecule is [2H]C=C[C@@H](OC(=O)OC)c1ccccc1. The van der Waals surface area contributed by atoms with Crippen LogP contribution in [0.25, 0.3) is 0 Å². The van der Waals surface area contributed by atoms with Crippen molar-refractivity contribution in [1.82, 2.24) is 0 Å². The maximum Gasteiger partial charge on any atom is 0.508 e. The van der Waals surface area contributed by atoms with Gasteiger partial charge in [0.15, 0.2) is 0 Å². The van der Waals surface area contributed by atoms with E-state index in [4.69, 9.17) is 6.11 Å². The Balaban J connectivity index is 2.79. The van der Waals surface area contributed by atoms with E-state index < -0.39 is 12.3 Å². The molecule has 0 heterocycles. The Bertz CT molecular complexity index is 335. The molecule has 0 amide bonds. The molecule has 14 heavy (non-hydrogen) atoms. The van der Waals surface area contributed by atoms with Crippen LogP contribution in [0.1, 0.15) is 13.0 Å². The molecule has 0 aliphatic carbocycles. The van der Waals surface area contributed by atoms with Gasteiger partial charge in [0.2, 0.25) is 0 Å². The predicted molar refractivity (Wildman–Crippen MR) is 52.9 cm³/mol. The molecule has 1 aromatic rings. The molecule has 0 N–H and O–H groups in total. The van der Waals surface area contributed by atoms with E-state index in [1.54, 1.807) is 0 Å². The minimum absolute atomic E-state index is 0.573. The third-order valence-electron chi connectivity index (χ3n) is 1.69. The molecule has 1 rings (SSSR count). The molecule has 0 unspecified atom stereocenters. The predicted octanol–water partition coefficient (Wildman–Crippen LogP) is 2.70. The van der Waals surface area contributed by atoms with Gasteiger partial charge in [0.05, 0.1) is 8.48 Å². The lowest BCUT2D eigenvalue weighted by Crippen LogP contribution is -2.09. The number of benzene rings is 1. The summed E-state index contributed by atoms with van der Waals surface area (Å²) in [7, 11) is 1.24. The molecule has 1 aromatic carbocycles. The van der Waals surface area contributed by atoms with Crippen LogP contribution in [0.15, 0.2) is 43.0 Å². The van der Waals surface area contributed by atoms with E-state index in [1.807, 2.05) is 30.3 Å².